The van der Waals surface area contributed by atoms with Crippen LogP contribution >= 0.6 is 11.8 Å². The summed E-state index contributed by atoms with van der Waals surface area (Å²) >= 11 is 1.08. The summed E-state index contributed by atoms with van der Waals surface area (Å²) in [5.41, 5.74) is 2.54. The molecule has 1 amide bonds. The highest BCUT2D eigenvalue weighted by molar-refractivity contribution is 8.03. The van der Waals surface area contributed by atoms with Gasteiger partial charge in [-0.05, 0) is 61.2 Å². The predicted molar refractivity (Wildman–Crippen MR) is 93.6 cm³/mol. The van der Waals surface area contributed by atoms with E-state index < -0.39 is 17.8 Å². The third-order valence-electron chi connectivity index (χ3n) is 4.27. The molecule has 2 rings (SSSR count). The summed E-state index contributed by atoms with van der Waals surface area (Å²) in [6, 6.07) is 3.75. The Morgan fingerprint density at radius 3 is 2.58 bits per heavy atom. The number of nitriles is 1. The van der Waals surface area contributed by atoms with Crippen molar-refractivity contribution in [1.82, 2.24) is 0 Å². The van der Waals surface area contributed by atoms with E-state index >= 15 is 0 Å². The molecule has 0 aromatic heterocycles. The highest BCUT2D eigenvalue weighted by Gasteiger charge is 2.34. The van der Waals surface area contributed by atoms with Crippen molar-refractivity contribution in [2.45, 2.75) is 38.0 Å². The van der Waals surface area contributed by atoms with Crippen LogP contribution in [0.4, 0.5) is 5.69 Å². The van der Waals surface area contributed by atoms with Gasteiger partial charge in [0.1, 0.15) is 5.40 Å². The van der Waals surface area contributed by atoms with Crippen molar-refractivity contribution in [1.29, 1.82) is 5.26 Å². The molecule has 0 heterocycles. The molecule has 1 aromatic rings. The van der Waals surface area contributed by atoms with Gasteiger partial charge in [0.2, 0.25) is 5.91 Å². The molecule has 126 valence electrons. The standard InChI is InChI=1S/C18H20N2O3S/c1-3-12-9-13(24-10-19)8-11(2)16(12)20-17(21)14-6-4-5-7-15(14)18(22)23/h4-5,8-9,14-15H,3,6-7H2,1-2H3,(H,20,21)(H,22,23)/t14-,15+/m0/s1. The normalized spacial score (nSPS) is 19.5. The number of thioether (sulfide) groups is 1. The van der Waals surface area contributed by atoms with Crippen LogP contribution in [0.5, 0.6) is 0 Å². The SMILES string of the molecule is CCc1cc(SC#N)cc(C)c1NC(=O)[C@H]1CC=CC[C@H]1C(=O)O. The summed E-state index contributed by atoms with van der Waals surface area (Å²) in [6.45, 7) is 3.86. The number of rotatable bonds is 5. The number of thiocyanates is 1. The Morgan fingerprint density at radius 1 is 1.33 bits per heavy atom. The monoisotopic (exact) mass is 344 g/mol. The van der Waals surface area contributed by atoms with Gasteiger partial charge in [0.25, 0.3) is 0 Å². The summed E-state index contributed by atoms with van der Waals surface area (Å²) in [4.78, 5) is 24.9. The van der Waals surface area contributed by atoms with Crippen molar-refractivity contribution in [2.75, 3.05) is 5.32 Å². The number of hydrogen-bond donors (Lipinski definition) is 2. The topological polar surface area (TPSA) is 90.2 Å². The van der Waals surface area contributed by atoms with Crippen molar-refractivity contribution < 1.29 is 14.7 Å². The lowest BCUT2D eigenvalue weighted by Gasteiger charge is -2.25. The molecule has 6 heteroatoms. The number of aliphatic carboxylic acids is 1. The number of carbonyl (C=O) groups is 2. The van der Waals surface area contributed by atoms with Crippen LogP contribution in [0.3, 0.4) is 0 Å². The number of carbonyl (C=O) groups excluding carboxylic acids is 1. The lowest BCUT2D eigenvalue weighted by atomic mass is 9.82. The van der Waals surface area contributed by atoms with E-state index in [2.05, 4.69) is 5.32 Å². The van der Waals surface area contributed by atoms with Gasteiger partial charge in [-0.15, -0.1) is 0 Å². The maximum Gasteiger partial charge on any atom is 0.307 e. The van der Waals surface area contributed by atoms with Gasteiger partial charge in [-0.3, -0.25) is 9.59 Å². The van der Waals surface area contributed by atoms with E-state index in [9.17, 15) is 14.7 Å². The zero-order valence-corrected chi connectivity index (χ0v) is 14.5. The molecule has 0 fully saturated rings. The lowest BCUT2D eigenvalue weighted by Crippen LogP contribution is -2.35. The molecule has 1 aliphatic carbocycles. The van der Waals surface area contributed by atoms with Crippen LogP contribution in [-0.2, 0) is 16.0 Å². The van der Waals surface area contributed by atoms with Crippen LogP contribution in [-0.4, -0.2) is 17.0 Å². The zero-order chi connectivity index (χ0) is 17.7. The van der Waals surface area contributed by atoms with Crippen molar-refractivity contribution >= 4 is 29.3 Å². The largest absolute Gasteiger partial charge is 0.481 e. The number of aryl methyl sites for hydroxylation is 2. The van der Waals surface area contributed by atoms with Crippen molar-refractivity contribution in [3.63, 3.8) is 0 Å². The van der Waals surface area contributed by atoms with Crippen molar-refractivity contribution in [3.8, 4) is 5.40 Å². The number of benzene rings is 1. The molecule has 2 atom stereocenters. The number of carboxylic acids is 1. The first-order valence-corrected chi connectivity index (χ1v) is 8.67. The third-order valence-corrected chi connectivity index (χ3v) is 4.83. The third kappa shape index (κ3) is 3.98. The minimum atomic E-state index is -0.937. The fourth-order valence-corrected chi connectivity index (χ4v) is 3.53. The second-order valence-corrected chi connectivity index (χ2v) is 6.66. The number of carboxylic acid groups (broad SMARTS) is 1. The van der Waals surface area contributed by atoms with E-state index in [4.69, 9.17) is 5.26 Å². The average Bonchev–Trinajstić information content (AvgIpc) is 2.57. The molecule has 0 bridgehead atoms. The first-order valence-electron chi connectivity index (χ1n) is 7.86. The van der Waals surface area contributed by atoms with E-state index in [1.807, 2.05) is 43.5 Å². The van der Waals surface area contributed by atoms with Gasteiger partial charge in [0.05, 0.1) is 11.8 Å². The first kappa shape index (κ1) is 18.1. The number of anilines is 1. The molecule has 5 nitrogen and oxygen atoms in total. The Morgan fingerprint density at radius 2 is 2.00 bits per heavy atom. The Labute approximate surface area is 145 Å². The fraction of sp³-hybridized carbons (Fsp3) is 0.389. The second-order valence-electron chi connectivity index (χ2n) is 5.80. The van der Waals surface area contributed by atoms with Crippen LogP contribution in [0.15, 0.2) is 29.2 Å². The quantitative estimate of drug-likeness (QED) is 0.482. The van der Waals surface area contributed by atoms with E-state index in [1.54, 1.807) is 0 Å². The Bertz CT molecular complexity index is 722. The van der Waals surface area contributed by atoms with Crippen LogP contribution in [0.2, 0.25) is 0 Å². The average molecular weight is 344 g/mol. The van der Waals surface area contributed by atoms with Gasteiger partial charge >= 0.3 is 5.97 Å². The summed E-state index contributed by atoms with van der Waals surface area (Å²) in [7, 11) is 0. The van der Waals surface area contributed by atoms with Crippen LogP contribution in [0.25, 0.3) is 0 Å². The Hall–Kier alpha value is -2.26. The zero-order valence-electron chi connectivity index (χ0n) is 13.7. The van der Waals surface area contributed by atoms with Crippen molar-refractivity contribution in [3.05, 3.63) is 35.4 Å². The molecule has 0 unspecified atom stereocenters. The van der Waals surface area contributed by atoms with Gasteiger partial charge in [-0.1, -0.05) is 19.1 Å². The van der Waals surface area contributed by atoms with Gasteiger partial charge in [-0.25, -0.2) is 0 Å². The molecule has 0 saturated carbocycles. The predicted octanol–water partition coefficient (Wildman–Crippen LogP) is 3.74. The molecular formula is C18H20N2O3S. The van der Waals surface area contributed by atoms with Gasteiger partial charge in [-0.2, -0.15) is 5.26 Å². The van der Waals surface area contributed by atoms with E-state index in [0.29, 0.717) is 19.3 Å². The van der Waals surface area contributed by atoms with Crippen LogP contribution < -0.4 is 5.32 Å². The molecule has 2 N–H and O–H groups in total. The molecule has 1 aromatic carbocycles. The minimum Gasteiger partial charge on any atom is -0.481 e. The molecule has 1 aliphatic rings. The highest BCUT2D eigenvalue weighted by Crippen LogP contribution is 2.31. The first-order chi connectivity index (χ1) is 11.5. The summed E-state index contributed by atoms with van der Waals surface area (Å²) in [5, 5.41) is 23.1. The number of nitrogens with zero attached hydrogens (tertiary/aromatic N) is 1. The van der Waals surface area contributed by atoms with Gasteiger partial charge in [0.15, 0.2) is 0 Å². The van der Waals surface area contributed by atoms with Crippen molar-refractivity contribution in [2.24, 2.45) is 11.8 Å². The molecular weight excluding hydrogens is 324 g/mol. The molecule has 24 heavy (non-hydrogen) atoms. The highest BCUT2D eigenvalue weighted by atomic mass is 32.2. The van der Waals surface area contributed by atoms with E-state index in [0.717, 1.165) is 33.5 Å². The maximum absolute atomic E-state index is 12.6. The minimum absolute atomic E-state index is 0.259. The number of nitrogens with one attached hydrogen (secondary N) is 1. The van der Waals surface area contributed by atoms with Gasteiger partial charge < -0.3 is 10.4 Å². The molecule has 0 aliphatic heterocycles. The van der Waals surface area contributed by atoms with E-state index in [1.165, 1.54) is 0 Å². The Balaban J connectivity index is 2.27. The second kappa shape index (κ2) is 8.02. The van der Waals surface area contributed by atoms with Crippen LogP contribution in [0, 0.1) is 29.4 Å². The number of allylic oxidation sites excluding steroid dienone is 2. The summed E-state index contributed by atoms with van der Waals surface area (Å²) in [5.74, 6) is -2.45. The number of hydrogen-bond acceptors (Lipinski definition) is 4. The number of amides is 1. The smallest absolute Gasteiger partial charge is 0.307 e. The molecule has 0 spiro atoms. The Kier molecular flexibility index (Phi) is 6.04. The van der Waals surface area contributed by atoms with Gasteiger partial charge in [0, 0.05) is 10.6 Å². The summed E-state index contributed by atoms with van der Waals surface area (Å²) < 4.78 is 0. The molecule has 0 saturated heterocycles. The molecule has 0 radical (unpaired) electrons. The lowest BCUT2D eigenvalue weighted by molar-refractivity contribution is -0.146. The summed E-state index contributed by atoms with van der Waals surface area (Å²) in [6.07, 6.45) is 5.21. The fourth-order valence-electron chi connectivity index (χ4n) is 2.99. The van der Waals surface area contributed by atoms with E-state index in [-0.39, 0.29) is 5.91 Å². The van der Waals surface area contributed by atoms with Crippen LogP contribution in [0.1, 0.15) is 30.9 Å². The maximum atomic E-state index is 12.6.